The van der Waals surface area contributed by atoms with E-state index in [1.54, 1.807) is 0 Å². The smallest absolute Gasteiger partial charge is 0.119 e. The molecule has 0 amide bonds. The molecule has 2 nitrogen and oxygen atoms in total. The van der Waals surface area contributed by atoms with Crippen molar-refractivity contribution in [3.8, 4) is 5.75 Å². The van der Waals surface area contributed by atoms with Gasteiger partial charge < -0.3 is 4.74 Å². The minimum absolute atomic E-state index is 0.258. The average molecular weight is 261 g/mol. The van der Waals surface area contributed by atoms with E-state index < -0.39 is 0 Å². The minimum atomic E-state index is 0.258. The molecule has 1 saturated heterocycles. The van der Waals surface area contributed by atoms with Gasteiger partial charge in [-0.05, 0) is 55.5 Å². The Morgan fingerprint density at radius 1 is 1.11 bits per heavy atom. The lowest BCUT2D eigenvalue weighted by atomic mass is 9.82. The van der Waals surface area contributed by atoms with Gasteiger partial charge in [-0.1, -0.05) is 32.9 Å². The molecular weight excluding hydrogens is 234 g/mol. The molecule has 0 radical (unpaired) electrons. The molecule has 1 aromatic rings. The van der Waals surface area contributed by atoms with Gasteiger partial charge in [0, 0.05) is 6.54 Å². The van der Waals surface area contributed by atoms with Crippen molar-refractivity contribution >= 4 is 0 Å². The van der Waals surface area contributed by atoms with E-state index in [0.29, 0.717) is 0 Å². The van der Waals surface area contributed by atoms with Gasteiger partial charge in [0.2, 0.25) is 0 Å². The quantitative estimate of drug-likeness (QED) is 0.771. The molecule has 0 aromatic heterocycles. The predicted octanol–water partition coefficient (Wildman–Crippen LogP) is 3.85. The number of benzene rings is 1. The predicted molar refractivity (Wildman–Crippen MR) is 80.9 cm³/mol. The maximum Gasteiger partial charge on any atom is 0.119 e. The zero-order chi connectivity index (χ0) is 13.7. The minimum Gasteiger partial charge on any atom is -0.492 e. The first-order valence-electron chi connectivity index (χ1n) is 7.57. The van der Waals surface area contributed by atoms with Gasteiger partial charge in [0.15, 0.2) is 0 Å². The summed E-state index contributed by atoms with van der Waals surface area (Å²) in [7, 11) is 0. The average Bonchev–Trinajstić information content (AvgIpc) is 2.92. The van der Waals surface area contributed by atoms with E-state index in [4.69, 9.17) is 4.74 Å². The van der Waals surface area contributed by atoms with Crippen molar-refractivity contribution in [1.82, 2.24) is 4.90 Å². The summed E-state index contributed by atoms with van der Waals surface area (Å²) < 4.78 is 5.83. The van der Waals surface area contributed by atoms with E-state index in [0.717, 1.165) is 25.3 Å². The third kappa shape index (κ3) is 3.97. The topological polar surface area (TPSA) is 12.5 Å². The van der Waals surface area contributed by atoms with E-state index in [-0.39, 0.29) is 5.41 Å². The van der Waals surface area contributed by atoms with Crippen molar-refractivity contribution in [2.75, 3.05) is 26.2 Å². The lowest BCUT2D eigenvalue weighted by Gasteiger charge is -2.23. The molecule has 0 spiro atoms. The molecule has 1 aliphatic heterocycles. The largest absolute Gasteiger partial charge is 0.492 e. The summed E-state index contributed by atoms with van der Waals surface area (Å²) in [5.41, 5.74) is 1.65. The van der Waals surface area contributed by atoms with E-state index in [2.05, 4.69) is 49.9 Å². The molecule has 0 saturated carbocycles. The van der Waals surface area contributed by atoms with Crippen LogP contribution in [0.2, 0.25) is 0 Å². The van der Waals surface area contributed by atoms with Crippen molar-refractivity contribution in [2.24, 2.45) is 0 Å². The number of ether oxygens (including phenoxy) is 1. The SMILES string of the molecule is CCC(C)(C)c1ccc(OCCN2CCCC2)cc1. The van der Waals surface area contributed by atoms with Crippen molar-refractivity contribution in [2.45, 2.75) is 45.4 Å². The van der Waals surface area contributed by atoms with Gasteiger partial charge in [0.25, 0.3) is 0 Å². The third-order valence-corrected chi connectivity index (χ3v) is 4.39. The molecule has 1 aromatic carbocycles. The number of rotatable bonds is 6. The fourth-order valence-electron chi connectivity index (χ4n) is 2.51. The van der Waals surface area contributed by atoms with Gasteiger partial charge in [-0.2, -0.15) is 0 Å². The molecule has 1 fully saturated rings. The zero-order valence-electron chi connectivity index (χ0n) is 12.6. The highest BCUT2D eigenvalue weighted by molar-refractivity contribution is 5.31. The van der Waals surface area contributed by atoms with Crippen LogP contribution < -0.4 is 4.74 Å². The van der Waals surface area contributed by atoms with Crippen LogP contribution in [0.1, 0.15) is 45.6 Å². The third-order valence-electron chi connectivity index (χ3n) is 4.39. The summed E-state index contributed by atoms with van der Waals surface area (Å²) in [6, 6.07) is 8.62. The molecule has 0 aliphatic carbocycles. The number of hydrogen-bond acceptors (Lipinski definition) is 2. The van der Waals surface area contributed by atoms with E-state index >= 15 is 0 Å². The highest BCUT2D eigenvalue weighted by atomic mass is 16.5. The van der Waals surface area contributed by atoms with Gasteiger partial charge in [-0.25, -0.2) is 0 Å². The lowest BCUT2D eigenvalue weighted by molar-refractivity contribution is 0.237. The molecule has 0 N–H and O–H groups in total. The Balaban J connectivity index is 1.81. The summed E-state index contributed by atoms with van der Waals surface area (Å²) in [6.07, 6.45) is 3.85. The summed E-state index contributed by atoms with van der Waals surface area (Å²) >= 11 is 0. The van der Waals surface area contributed by atoms with Crippen molar-refractivity contribution in [3.63, 3.8) is 0 Å². The van der Waals surface area contributed by atoms with Crippen LogP contribution in [0.4, 0.5) is 0 Å². The van der Waals surface area contributed by atoms with E-state index in [1.165, 1.54) is 31.5 Å². The highest BCUT2D eigenvalue weighted by Gasteiger charge is 2.17. The molecular formula is C17H27NO. The van der Waals surface area contributed by atoms with Crippen LogP contribution >= 0.6 is 0 Å². The molecule has 0 bridgehead atoms. The summed E-state index contributed by atoms with van der Waals surface area (Å²) in [6.45, 7) is 11.2. The summed E-state index contributed by atoms with van der Waals surface area (Å²) in [5, 5.41) is 0. The standard InChI is InChI=1S/C17H27NO/c1-4-17(2,3)15-7-9-16(10-8-15)19-14-13-18-11-5-6-12-18/h7-10H,4-6,11-14H2,1-3H3. The number of likely N-dealkylation sites (tertiary alicyclic amines) is 1. The lowest BCUT2D eigenvalue weighted by Crippen LogP contribution is -2.25. The summed E-state index contributed by atoms with van der Waals surface area (Å²) in [5.74, 6) is 0.995. The molecule has 0 unspecified atom stereocenters. The monoisotopic (exact) mass is 261 g/mol. The molecule has 2 heteroatoms. The molecule has 1 aliphatic rings. The fraction of sp³-hybridized carbons (Fsp3) is 0.647. The van der Waals surface area contributed by atoms with Gasteiger partial charge >= 0.3 is 0 Å². The maximum atomic E-state index is 5.83. The van der Waals surface area contributed by atoms with Crippen molar-refractivity contribution < 1.29 is 4.74 Å². The molecule has 19 heavy (non-hydrogen) atoms. The first-order chi connectivity index (χ1) is 9.12. The Kier molecular flexibility index (Phi) is 4.87. The summed E-state index contributed by atoms with van der Waals surface area (Å²) in [4.78, 5) is 2.48. The number of nitrogens with zero attached hydrogens (tertiary/aromatic N) is 1. The van der Waals surface area contributed by atoms with Crippen LogP contribution in [0, 0.1) is 0 Å². The Labute approximate surface area is 117 Å². The molecule has 1 heterocycles. The molecule has 0 atom stereocenters. The maximum absolute atomic E-state index is 5.83. The van der Waals surface area contributed by atoms with E-state index in [1.807, 2.05) is 0 Å². The molecule has 2 rings (SSSR count). The van der Waals surface area contributed by atoms with Gasteiger partial charge in [0.05, 0.1) is 0 Å². The highest BCUT2D eigenvalue weighted by Crippen LogP contribution is 2.28. The first-order valence-corrected chi connectivity index (χ1v) is 7.57. The van der Waals surface area contributed by atoms with Crippen LogP contribution in [0.3, 0.4) is 0 Å². The first kappa shape index (κ1) is 14.4. The number of hydrogen-bond donors (Lipinski definition) is 0. The normalized spacial score (nSPS) is 16.8. The Hall–Kier alpha value is -1.02. The second kappa shape index (κ2) is 6.42. The fourth-order valence-corrected chi connectivity index (χ4v) is 2.51. The van der Waals surface area contributed by atoms with Gasteiger partial charge in [-0.3, -0.25) is 4.90 Å². The van der Waals surface area contributed by atoms with Crippen molar-refractivity contribution in [3.05, 3.63) is 29.8 Å². The van der Waals surface area contributed by atoms with Gasteiger partial charge in [-0.15, -0.1) is 0 Å². The van der Waals surface area contributed by atoms with Crippen LogP contribution in [0.25, 0.3) is 0 Å². The van der Waals surface area contributed by atoms with Crippen LogP contribution in [-0.4, -0.2) is 31.1 Å². The Morgan fingerprint density at radius 2 is 1.74 bits per heavy atom. The second-order valence-electron chi connectivity index (χ2n) is 6.16. The van der Waals surface area contributed by atoms with E-state index in [9.17, 15) is 0 Å². The van der Waals surface area contributed by atoms with Crippen LogP contribution in [0.15, 0.2) is 24.3 Å². The Morgan fingerprint density at radius 3 is 2.32 bits per heavy atom. The van der Waals surface area contributed by atoms with Crippen LogP contribution in [-0.2, 0) is 5.41 Å². The zero-order valence-corrected chi connectivity index (χ0v) is 12.6. The Bertz CT molecular complexity index is 377. The second-order valence-corrected chi connectivity index (χ2v) is 6.16. The molecule has 106 valence electrons. The van der Waals surface area contributed by atoms with Crippen molar-refractivity contribution in [1.29, 1.82) is 0 Å². The van der Waals surface area contributed by atoms with Crippen LogP contribution in [0.5, 0.6) is 5.75 Å². The van der Waals surface area contributed by atoms with Gasteiger partial charge in [0.1, 0.15) is 12.4 Å².